The summed E-state index contributed by atoms with van der Waals surface area (Å²) in [5, 5.41) is 24.9. The molecule has 4 aromatic rings. The minimum Gasteiger partial charge on any atom is -0.387 e. The number of hydrogen-bond donors (Lipinski definition) is 3. The van der Waals surface area contributed by atoms with E-state index in [4.69, 9.17) is 46.1 Å². The lowest BCUT2D eigenvalue weighted by molar-refractivity contribution is 0.156. The largest absolute Gasteiger partial charge is 0.387 e. The van der Waals surface area contributed by atoms with E-state index in [-0.39, 0.29) is 18.7 Å². The Kier molecular flexibility index (Phi) is 7.38. The zero-order chi connectivity index (χ0) is 24.2. The fourth-order valence-corrected chi connectivity index (χ4v) is 4.11. The molecular weight excluding hydrogens is 495 g/mol. The van der Waals surface area contributed by atoms with Gasteiger partial charge >= 0.3 is 0 Å². The van der Waals surface area contributed by atoms with Crippen LogP contribution in [0.1, 0.15) is 11.7 Å². The molecule has 1 aromatic heterocycles. The quantitative estimate of drug-likeness (QED) is 0.176. The Morgan fingerprint density at radius 1 is 0.971 bits per heavy atom. The van der Waals surface area contributed by atoms with Crippen molar-refractivity contribution in [1.82, 2.24) is 9.13 Å². The number of aliphatic hydroxyl groups is 1. The van der Waals surface area contributed by atoms with E-state index in [1.54, 1.807) is 51.7 Å². The molecule has 0 saturated heterocycles. The number of benzene rings is 3. The van der Waals surface area contributed by atoms with E-state index in [0.29, 0.717) is 32.0 Å². The number of nitrogens with one attached hydrogen (secondary N) is 1. The van der Waals surface area contributed by atoms with Gasteiger partial charge in [0, 0.05) is 5.02 Å². The molecule has 1 unspecified atom stereocenters. The minimum absolute atomic E-state index is 0.149. The monoisotopic (exact) mass is 514 g/mol. The van der Waals surface area contributed by atoms with Crippen LogP contribution in [-0.2, 0) is 13.1 Å². The molecule has 174 valence electrons. The number of rotatable bonds is 7. The lowest BCUT2D eigenvalue weighted by Crippen LogP contribution is -2.29. The second-order valence-corrected chi connectivity index (χ2v) is 8.81. The second-order valence-electron chi connectivity index (χ2n) is 7.56. The van der Waals surface area contributed by atoms with Crippen molar-refractivity contribution in [3.05, 3.63) is 93.0 Å². The number of imidazole rings is 1. The van der Waals surface area contributed by atoms with Crippen LogP contribution in [0.5, 0.6) is 0 Å². The Balaban J connectivity index is 1.65. The zero-order valence-electron chi connectivity index (χ0n) is 17.9. The standard InChI is InChI=1S/C24H21Cl3N6O/c25-16-4-3-5-17(11-16)30-12-18(31-29)13-32-21-6-1-2-7-22(21)33(24(32)28)14-23(34)15-8-9-19(26)20(27)10-15/h1-12,23,28,34H,13-14,29H2/b28-24?,30-12?,31-18+. The van der Waals surface area contributed by atoms with E-state index in [0.717, 1.165) is 11.0 Å². The molecule has 34 heavy (non-hydrogen) atoms. The van der Waals surface area contributed by atoms with Crippen molar-refractivity contribution in [2.75, 3.05) is 0 Å². The molecule has 1 atom stereocenters. The van der Waals surface area contributed by atoms with Crippen LogP contribution in [0.15, 0.2) is 76.8 Å². The van der Waals surface area contributed by atoms with Crippen LogP contribution in [-0.4, -0.2) is 26.2 Å². The molecule has 0 aliphatic carbocycles. The van der Waals surface area contributed by atoms with Crippen molar-refractivity contribution >= 4 is 63.4 Å². The van der Waals surface area contributed by atoms with Crippen LogP contribution in [0.3, 0.4) is 0 Å². The smallest absolute Gasteiger partial charge is 0.203 e. The van der Waals surface area contributed by atoms with Gasteiger partial charge < -0.3 is 20.1 Å². The third kappa shape index (κ3) is 5.18. The highest BCUT2D eigenvalue weighted by atomic mass is 35.5. The molecule has 7 nitrogen and oxygen atoms in total. The summed E-state index contributed by atoms with van der Waals surface area (Å²) in [5.74, 6) is 5.62. The first-order chi connectivity index (χ1) is 16.4. The van der Waals surface area contributed by atoms with Crippen molar-refractivity contribution in [3.63, 3.8) is 0 Å². The average molecular weight is 516 g/mol. The van der Waals surface area contributed by atoms with Crippen LogP contribution in [0, 0.1) is 5.41 Å². The molecule has 0 saturated carbocycles. The summed E-state index contributed by atoms with van der Waals surface area (Å²) in [5.41, 5.74) is 3.50. The van der Waals surface area contributed by atoms with Gasteiger partial charge in [0.15, 0.2) is 0 Å². The fraction of sp³-hybridized carbons (Fsp3) is 0.125. The van der Waals surface area contributed by atoms with Crippen molar-refractivity contribution in [2.45, 2.75) is 19.2 Å². The van der Waals surface area contributed by atoms with E-state index < -0.39 is 6.10 Å². The van der Waals surface area contributed by atoms with Crippen LogP contribution >= 0.6 is 34.8 Å². The molecule has 0 fully saturated rings. The predicted molar refractivity (Wildman–Crippen MR) is 138 cm³/mol. The highest BCUT2D eigenvalue weighted by Crippen LogP contribution is 2.27. The Bertz CT molecular complexity index is 1460. The maximum Gasteiger partial charge on any atom is 0.203 e. The zero-order valence-corrected chi connectivity index (χ0v) is 20.1. The molecule has 4 N–H and O–H groups in total. The summed E-state index contributed by atoms with van der Waals surface area (Å²) in [6.07, 6.45) is 0.657. The molecule has 0 spiro atoms. The van der Waals surface area contributed by atoms with Crippen molar-refractivity contribution < 1.29 is 5.11 Å². The van der Waals surface area contributed by atoms with Gasteiger partial charge in [0.1, 0.15) is 0 Å². The third-order valence-electron chi connectivity index (χ3n) is 5.32. The Morgan fingerprint density at radius 3 is 2.38 bits per heavy atom. The molecule has 3 aromatic carbocycles. The number of aliphatic imine (C=N–C) groups is 1. The number of nitrogens with two attached hydrogens (primary N) is 1. The number of hydrogen-bond acceptors (Lipinski definition) is 5. The SMILES string of the molecule is N=c1n(C/C(C=Nc2cccc(Cl)c2)=N/N)c2ccccc2n1CC(O)c1ccc(Cl)c(Cl)c1. The summed E-state index contributed by atoms with van der Waals surface area (Å²) in [4.78, 5) is 4.39. The number of halogens is 3. The molecule has 0 radical (unpaired) electrons. The van der Waals surface area contributed by atoms with E-state index >= 15 is 0 Å². The average Bonchev–Trinajstić information content (AvgIpc) is 3.09. The molecule has 0 amide bonds. The van der Waals surface area contributed by atoms with Crippen LogP contribution in [0.4, 0.5) is 5.69 Å². The number of aliphatic hydroxyl groups excluding tert-OH is 1. The second kappa shape index (κ2) is 10.4. The topological polar surface area (TPSA) is 105 Å². The minimum atomic E-state index is -0.893. The van der Waals surface area contributed by atoms with Crippen LogP contribution in [0.25, 0.3) is 11.0 Å². The van der Waals surface area contributed by atoms with Gasteiger partial charge in [0.05, 0.1) is 57.9 Å². The molecule has 0 aliphatic heterocycles. The maximum absolute atomic E-state index is 10.9. The lowest BCUT2D eigenvalue weighted by atomic mass is 10.1. The first kappa shape index (κ1) is 24.0. The summed E-state index contributed by atoms with van der Waals surface area (Å²) in [6.45, 7) is 0.367. The van der Waals surface area contributed by atoms with Gasteiger partial charge in [-0.3, -0.25) is 10.4 Å². The molecule has 0 aliphatic rings. The molecular formula is C24H21Cl3N6O. The fourth-order valence-electron chi connectivity index (χ4n) is 3.62. The van der Waals surface area contributed by atoms with Crippen LogP contribution in [0.2, 0.25) is 15.1 Å². The van der Waals surface area contributed by atoms with Gasteiger partial charge in [-0.05, 0) is 48.0 Å². The lowest BCUT2D eigenvalue weighted by Gasteiger charge is -2.13. The molecule has 4 rings (SSSR count). The van der Waals surface area contributed by atoms with E-state index in [9.17, 15) is 5.11 Å². The van der Waals surface area contributed by atoms with Gasteiger partial charge in [-0.15, -0.1) is 0 Å². The summed E-state index contributed by atoms with van der Waals surface area (Å²) in [6, 6.07) is 19.7. The van der Waals surface area contributed by atoms with E-state index in [2.05, 4.69) is 10.1 Å². The Morgan fingerprint density at radius 2 is 1.71 bits per heavy atom. The van der Waals surface area contributed by atoms with Crippen molar-refractivity contribution in [1.29, 1.82) is 5.41 Å². The number of nitrogens with zero attached hydrogens (tertiary/aromatic N) is 4. The first-order valence-electron chi connectivity index (χ1n) is 10.3. The molecule has 1 heterocycles. The summed E-state index contributed by atoms with van der Waals surface area (Å²) >= 11 is 18.1. The van der Waals surface area contributed by atoms with Crippen LogP contribution < -0.4 is 11.5 Å². The van der Waals surface area contributed by atoms with Crippen molar-refractivity contribution in [2.24, 2.45) is 15.9 Å². The summed E-state index contributed by atoms with van der Waals surface area (Å²) < 4.78 is 3.48. The third-order valence-corrected chi connectivity index (χ3v) is 6.29. The highest BCUT2D eigenvalue weighted by molar-refractivity contribution is 6.42. The number of para-hydroxylation sites is 2. The van der Waals surface area contributed by atoms with E-state index in [1.165, 1.54) is 0 Å². The highest BCUT2D eigenvalue weighted by Gasteiger charge is 2.17. The van der Waals surface area contributed by atoms with Gasteiger partial charge in [-0.1, -0.05) is 59.1 Å². The maximum atomic E-state index is 10.9. The molecule has 0 bridgehead atoms. The van der Waals surface area contributed by atoms with Gasteiger partial charge in [0.2, 0.25) is 5.62 Å². The van der Waals surface area contributed by atoms with Gasteiger partial charge in [-0.2, -0.15) is 5.10 Å². The van der Waals surface area contributed by atoms with Crippen molar-refractivity contribution in [3.8, 4) is 0 Å². The van der Waals surface area contributed by atoms with E-state index in [1.807, 2.05) is 30.3 Å². The Hall–Kier alpha value is -3.10. The normalized spacial score (nSPS) is 13.1. The first-order valence-corrected chi connectivity index (χ1v) is 11.4. The van der Waals surface area contributed by atoms with Gasteiger partial charge in [0.25, 0.3) is 0 Å². The number of fused-ring (bicyclic) bond motifs is 1. The predicted octanol–water partition coefficient (Wildman–Crippen LogP) is 5.33. The Labute approximate surface area is 210 Å². The van der Waals surface area contributed by atoms with Gasteiger partial charge in [-0.25, -0.2) is 0 Å². The summed E-state index contributed by atoms with van der Waals surface area (Å²) in [7, 11) is 0. The number of aromatic nitrogens is 2. The molecule has 10 heteroatoms. The number of hydrazone groups is 1.